The van der Waals surface area contributed by atoms with Crippen molar-refractivity contribution in [1.29, 1.82) is 0 Å². The molecule has 5 nitrogen and oxygen atoms in total. The summed E-state index contributed by atoms with van der Waals surface area (Å²) < 4.78 is 2.44. The summed E-state index contributed by atoms with van der Waals surface area (Å²) in [5.41, 5.74) is 1.85. The van der Waals surface area contributed by atoms with Gasteiger partial charge in [0.2, 0.25) is 0 Å². The van der Waals surface area contributed by atoms with Gasteiger partial charge in [0, 0.05) is 49.0 Å². The number of rotatable bonds is 4. The van der Waals surface area contributed by atoms with Crippen molar-refractivity contribution in [3.05, 3.63) is 59.9 Å². The van der Waals surface area contributed by atoms with Crippen molar-refractivity contribution in [3.63, 3.8) is 0 Å². The fourth-order valence-corrected chi connectivity index (χ4v) is 4.73. The van der Waals surface area contributed by atoms with Crippen LogP contribution in [0.15, 0.2) is 42.7 Å². The molecule has 2 fully saturated rings. The fourth-order valence-electron chi connectivity index (χ4n) is 4.73. The Morgan fingerprint density at radius 1 is 1.07 bits per heavy atom. The van der Waals surface area contributed by atoms with Crippen LogP contribution in [0.25, 0.3) is 10.8 Å². The zero-order valence-corrected chi connectivity index (χ0v) is 17.1. The van der Waals surface area contributed by atoms with E-state index in [4.69, 9.17) is 4.98 Å². The molecular formula is C24H28N4O. The molecule has 5 rings (SSSR count). The quantitative estimate of drug-likeness (QED) is 0.658. The number of benzene rings is 1. The van der Waals surface area contributed by atoms with Gasteiger partial charge in [-0.3, -0.25) is 9.78 Å². The average molecular weight is 389 g/mol. The molecule has 5 heteroatoms. The third kappa shape index (κ3) is 3.43. The molecule has 0 N–H and O–H groups in total. The molecule has 29 heavy (non-hydrogen) atoms. The summed E-state index contributed by atoms with van der Waals surface area (Å²) in [5.74, 6) is 2.61. The van der Waals surface area contributed by atoms with E-state index >= 15 is 0 Å². The lowest BCUT2D eigenvalue weighted by Gasteiger charge is -2.33. The zero-order chi connectivity index (χ0) is 19.8. The van der Waals surface area contributed by atoms with Crippen molar-refractivity contribution in [3.8, 4) is 0 Å². The number of carbonyl (C=O) groups is 1. The van der Waals surface area contributed by atoms with Crippen molar-refractivity contribution >= 4 is 16.7 Å². The molecule has 1 saturated heterocycles. The topological polar surface area (TPSA) is 51.0 Å². The smallest absolute Gasteiger partial charge is 0.273 e. The second kappa shape index (κ2) is 7.62. The first-order valence-electron chi connectivity index (χ1n) is 10.9. The second-order valence-corrected chi connectivity index (χ2v) is 8.61. The molecule has 2 aromatic heterocycles. The third-order valence-electron chi connectivity index (χ3n) is 6.78. The van der Waals surface area contributed by atoms with Gasteiger partial charge in [0.15, 0.2) is 0 Å². The van der Waals surface area contributed by atoms with E-state index in [1.807, 2.05) is 41.4 Å². The SMILES string of the molecule is Cc1cnc(C2CCC2)n1CC1CCN(C(=O)c2nccc3ccccc23)CC1. The number of hydrogen-bond donors (Lipinski definition) is 0. The molecule has 150 valence electrons. The molecule has 3 aromatic rings. The van der Waals surface area contributed by atoms with E-state index < -0.39 is 0 Å². The van der Waals surface area contributed by atoms with Gasteiger partial charge in [-0.15, -0.1) is 0 Å². The maximum atomic E-state index is 13.1. The molecule has 1 aliphatic heterocycles. The summed E-state index contributed by atoms with van der Waals surface area (Å²) in [5, 5.41) is 2.01. The summed E-state index contributed by atoms with van der Waals surface area (Å²) >= 11 is 0. The average Bonchev–Trinajstić information content (AvgIpc) is 3.06. The van der Waals surface area contributed by atoms with Crippen LogP contribution >= 0.6 is 0 Å². The van der Waals surface area contributed by atoms with Crippen LogP contribution in [0.3, 0.4) is 0 Å². The van der Waals surface area contributed by atoms with Crippen molar-refractivity contribution in [2.24, 2.45) is 5.92 Å². The Kier molecular flexibility index (Phi) is 4.82. The largest absolute Gasteiger partial charge is 0.337 e. The monoisotopic (exact) mass is 388 g/mol. The van der Waals surface area contributed by atoms with Crippen molar-refractivity contribution in [1.82, 2.24) is 19.4 Å². The number of likely N-dealkylation sites (tertiary alicyclic amines) is 1. The minimum atomic E-state index is 0.0641. The van der Waals surface area contributed by atoms with Crippen LogP contribution in [0, 0.1) is 12.8 Å². The summed E-state index contributed by atoms with van der Waals surface area (Å²) in [4.78, 5) is 24.2. The van der Waals surface area contributed by atoms with Crippen LogP contribution in [0.2, 0.25) is 0 Å². The van der Waals surface area contributed by atoms with E-state index in [0.717, 1.165) is 43.2 Å². The van der Waals surface area contributed by atoms with Crippen molar-refractivity contribution in [2.75, 3.05) is 13.1 Å². The van der Waals surface area contributed by atoms with E-state index in [1.165, 1.54) is 30.8 Å². The van der Waals surface area contributed by atoms with Gasteiger partial charge < -0.3 is 9.47 Å². The Hall–Kier alpha value is -2.69. The molecule has 2 aliphatic rings. The van der Waals surface area contributed by atoms with Crippen LogP contribution in [0.1, 0.15) is 60.0 Å². The molecule has 1 saturated carbocycles. The molecule has 1 aromatic carbocycles. The molecule has 0 unspecified atom stereocenters. The summed E-state index contributed by atoms with van der Waals surface area (Å²) in [6.07, 6.45) is 9.74. The van der Waals surface area contributed by atoms with E-state index in [2.05, 4.69) is 16.5 Å². The molecule has 3 heterocycles. The minimum Gasteiger partial charge on any atom is -0.337 e. The highest BCUT2D eigenvalue weighted by atomic mass is 16.2. The number of aromatic nitrogens is 3. The molecule has 0 spiro atoms. The summed E-state index contributed by atoms with van der Waals surface area (Å²) in [7, 11) is 0. The highest BCUT2D eigenvalue weighted by Crippen LogP contribution is 2.36. The highest BCUT2D eigenvalue weighted by Gasteiger charge is 2.29. The Labute approximate surface area is 171 Å². The van der Waals surface area contributed by atoms with Gasteiger partial charge in [-0.1, -0.05) is 30.7 Å². The number of amides is 1. The molecule has 0 atom stereocenters. The van der Waals surface area contributed by atoms with E-state index in [0.29, 0.717) is 17.5 Å². The second-order valence-electron chi connectivity index (χ2n) is 8.61. The highest BCUT2D eigenvalue weighted by molar-refractivity contribution is 6.05. The first-order chi connectivity index (χ1) is 14.2. The lowest BCUT2D eigenvalue weighted by Crippen LogP contribution is -2.40. The Bertz CT molecular complexity index is 1020. The maximum absolute atomic E-state index is 13.1. The van der Waals surface area contributed by atoms with Crippen LogP contribution in [-0.4, -0.2) is 38.4 Å². The predicted octanol–water partition coefficient (Wildman–Crippen LogP) is 4.56. The van der Waals surface area contributed by atoms with Gasteiger partial charge in [0.25, 0.3) is 5.91 Å². The third-order valence-corrected chi connectivity index (χ3v) is 6.78. The molecule has 0 radical (unpaired) electrons. The van der Waals surface area contributed by atoms with Gasteiger partial charge in [0.05, 0.1) is 0 Å². The van der Waals surface area contributed by atoms with Crippen molar-refractivity contribution in [2.45, 2.75) is 51.5 Å². The Balaban J connectivity index is 1.26. The van der Waals surface area contributed by atoms with E-state index in [9.17, 15) is 4.79 Å². The van der Waals surface area contributed by atoms with Gasteiger partial charge in [-0.25, -0.2) is 4.98 Å². The number of pyridine rings is 1. The van der Waals surface area contributed by atoms with Crippen LogP contribution < -0.4 is 0 Å². The maximum Gasteiger partial charge on any atom is 0.273 e. The summed E-state index contributed by atoms with van der Waals surface area (Å²) in [6, 6.07) is 9.96. The number of nitrogens with zero attached hydrogens (tertiary/aromatic N) is 4. The lowest BCUT2D eigenvalue weighted by atomic mass is 9.84. The first kappa shape index (κ1) is 18.3. The Morgan fingerprint density at radius 3 is 2.62 bits per heavy atom. The number of piperidine rings is 1. The van der Waals surface area contributed by atoms with E-state index in [-0.39, 0.29) is 5.91 Å². The van der Waals surface area contributed by atoms with E-state index in [1.54, 1.807) is 6.20 Å². The van der Waals surface area contributed by atoms with Crippen LogP contribution in [0.5, 0.6) is 0 Å². The van der Waals surface area contributed by atoms with Gasteiger partial charge in [-0.2, -0.15) is 0 Å². The van der Waals surface area contributed by atoms with Gasteiger partial charge in [0.1, 0.15) is 11.5 Å². The number of aryl methyl sites for hydroxylation is 1. The molecule has 1 amide bonds. The Morgan fingerprint density at radius 2 is 1.86 bits per heavy atom. The van der Waals surface area contributed by atoms with Gasteiger partial charge >= 0.3 is 0 Å². The molecule has 0 bridgehead atoms. The molecule has 1 aliphatic carbocycles. The van der Waals surface area contributed by atoms with Crippen LogP contribution in [0.4, 0.5) is 0 Å². The lowest BCUT2D eigenvalue weighted by molar-refractivity contribution is 0.0678. The number of imidazole rings is 1. The van der Waals surface area contributed by atoms with Gasteiger partial charge in [-0.05, 0) is 50.0 Å². The van der Waals surface area contributed by atoms with Crippen LogP contribution in [-0.2, 0) is 6.54 Å². The normalized spacial score (nSPS) is 18.2. The zero-order valence-electron chi connectivity index (χ0n) is 17.1. The number of fused-ring (bicyclic) bond motifs is 1. The standard InChI is InChI=1S/C24H28N4O/c1-17-15-26-23(20-6-4-7-20)28(17)16-18-10-13-27(14-11-18)24(29)22-21-8-3-2-5-19(21)9-12-25-22/h2-3,5,8-9,12,15,18,20H,4,6-7,10-11,13-14,16H2,1H3. The molecular weight excluding hydrogens is 360 g/mol. The number of hydrogen-bond acceptors (Lipinski definition) is 3. The number of carbonyl (C=O) groups excluding carboxylic acids is 1. The summed E-state index contributed by atoms with van der Waals surface area (Å²) in [6.45, 7) is 4.81. The predicted molar refractivity (Wildman–Crippen MR) is 114 cm³/mol. The van der Waals surface area contributed by atoms with Crippen molar-refractivity contribution < 1.29 is 4.79 Å². The first-order valence-corrected chi connectivity index (χ1v) is 10.9. The fraction of sp³-hybridized carbons (Fsp3) is 0.458. The minimum absolute atomic E-state index is 0.0641.